The quantitative estimate of drug-likeness (QED) is 0.881. The molecule has 0 atom stereocenters. The minimum absolute atomic E-state index is 0.0812. The number of carbonyl (C=O) groups is 1. The average Bonchev–Trinajstić information content (AvgIpc) is 2.61. The van der Waals surface area contributed by atoms with Crippen LogP contribution >= 0.6 is 0 Å². The van der Waals surface area contributed by atoms with Gasteiger partial charge in [0.2, 0.25) is 0 Å². The van der Waals surface area contributed by atoms with Gasteiger partial charge in [0.1, 0.15) is 5.75 Å². The van der Waals surface area contributed by atoms with Crippen molar-refractivity contribution in [2.45, 2.75) is 4.90 Å². The van der Waals surface area contributed by atoms with Gasteiger partial charge in [-0.1, -0.05) is 30.3 Å². The van der Waals surface area contributed by atoms with Crippen LogP contribution in [0.25, 0.3) is 5.57 Å². The van der Waals surface area contributed by atoms with E-state index in [9.17, 15) is 18.3 Å². The molecule has 0 saturated carbocycles. The molecule has 0 aliphatic carbocycles. The summed E-state index contributed by atoms with van der Waals surface area (Å²) in [6.07, 6.45) is 0. The van der Waals surface area contributed by atoms with Crippen molar-refractivity contribution < 1.29 is 23.1 Å². The van der Waals surface area contributed by atoms with Gasteiger partial charge in [0.15, 0.2) is 0 Å². The summed E-state index contributed by atoms with van der Waals surface area (Å²) in [5.41, 5.74) is 0.223. The molecule has 1 heterocycles. The number of para-hydroxylation sites is 2. The average molecular weight is 359 g/mol. The molecule has 2 aromatic carbocycles. The van der Waals surface area contributed by atoms with Gasteiger partial charge >= 0.3 is 0 Å². The Balaban J connectivity index is 2.09. The molecule has 7 nitrogen and oxygen atoms in total. The molecule has 0 saturated heterocycles. The summed E-state index contributed by atoms with van der Waals surface area (Å²) in [4.78, 5) is 12.6. The molecule has 0 radical (unpaired) electrons. The number of carbonyl (C=O) groups excluding carboxylic acids is 1. The molecule has 0 fully saturated rings. The summed E-state index contributed by atoms with van der Waals surface area (Å²) < 4.78 is 30.5. The first-order valence-electron chi connectivity index (χ1n) is 7.32. The Bertz CT molecular complexity index is 982. The Labute approximate surface area is 145 Å². The maximum absolute atomic E-state index is 12.7. The van der Waals surface area contributed by atoms with Gasteiger partial charge in [-0.3, -0.25) is 9.10 Å². The lowest BCUT2D eigenvalue weighted by Gasteiger charge is -2.34. The Morgan fingerprint density at radius 1 is 1.12 bits per heavy atom. The van der Waals surface area contributed by atoms with Crippen molar-refractivity contribution in [1.29, 1.82) is 0 Å². The van der Waals surface area contributed by atoms with Gasteiger partial charge in [-0.05, 0) is 24.1 Å². The fraction of sp³-hybridized carbons (Fsp3) is 0.118. The number of hydrogen-bond acceptors (Lipinski definition) is 5. The Kier molecular flexibility index (Phi) is 4.13. The van der Waals surface area contributed by atoms with E-state index in [0.717, 1.165) is 7.05 Å². The zero-order chi connectivity index (χ0) is 18.2. The topological polar surface area (TPSA) is 98.8 Å². The number of amides is 1. The van der Waals surface area contributed by atoms with Gasteiger partial charge in [-0.25, -0.2) is 8.42 Å². The molecule has 130 valence electrons. The van der Waals surface area contributed by atoms with E-state index in [1.54, 1.807) is 30.3 Å². The largest absolute Gasteiger partial charge is 0.859 e. The Hall–Kier alpha value is -3.00. The van der Waals surface area contributed by atoms with Crippen molar-refractivity contribution in [3.05, 3.63) is 60.0 Å². The Morgan fingerprint density at radius 3 is 2.48 bits per heavy atom. The SMILES string of the molecule is COc1ccccc1NC(=O)C1=C([O-])N(C)S(=O)(=O)c2ccccc21. The van der Waals surface area contributed by atoms with Gasteiger partial charge in [0.25, 0.3) is 15.9 Å². The number of hydrogen-bond donors (Lipinski definition) is 1. The molecule has 0 aromatic heterocycles. The fourth-order valence-corrected chi connectivity index (χ4v) is 3.88. The molecule has 0 spiro atoms. The highest BCUT2D eigenvalue weighted by atomic mass is 32.2. The molecule has 2 aromatic rings. The zero-order valence-corrected chi connectivity index (χ0v) is 14.3. The summed E-state index contributed by atoms with van der Waals surface area (Å²) in [5.74, 6) is -1.16. The highest BCUT2D eigenvalue weighted by molar-refractivity contribution is 7.89. The molecule has 3 rings (SSSR count). The van der Waals surface area contributed by atoms with Crippen molar-refractivity contribution >= 4 is 27.2 Å². The fourth-order valence-electron chi connectivity index (χ4n) is 2.58. The van der Waals surface area contributed by atoms with E-state index < -0.39 is 21.8 Å². The van der Waals surface area contributed by atoms with Gasteiger partial charge in [0, 0.05) is 12.6 Å². The predicted molar refractivity (Wildman–Crippen MR) is 89.9 cm³/mol. The van der Waals surface area contributed by atoms with Crippen molar-refractivity contribution in [3.63, 3.8) is 0 Å². The van der Waals surface area contributed by atoms with Crippen LogP contribution in [-0.2, 0) is 14.8 Å². The predicted octanol–water partition coefficient (Wildman–Crippen LogP) is 0.997. The summed E-state index contributed by atoms with van der Waals surface area (Å²) in [6, 6.07) is 12.6. The lowest BCUT2D eigenvalue weighted by molar-refractivity contribution is -0.321. The van der Waals surface area contributed by atoms with Crippen molar-refractivity contribution in [2.24, 2.45) is 0 Å². The molecule has 8 heteroatoms. The first-order chi connectivity index (χ1) is 11.9. The first kappa shape index (κ1) is 16.8. The maximum Gasteiger partial charge on any atom is 0.263 e. The van der Waals surface area contributed by atoms with Gasteiger partial charge < -0.3 is 15.2 Å². The van der Waals surface area contributed by atoms with Gasteiger partial charge in [-0.15, -0.1) is 0 Å². The number of rotatable bonds is 3. The molecule has 25 heavy (non-hydrogen) atoms. The van der Waals surface area contributed by atoms with Gasteiger partial charge in [-0.2, -0.15) is 0 Å². The summed E-state index contributed by atoms with van der Waals surface area (Å²) in [7, 11) is -1.38. The number of methoxy groups -OCH3 is 1. The van der Waals surface area contributed by atoms with Crippen LogP contribution < -0.4 is 15.2 Å². The molecule has 1 aliphatic rings. The highest BCUT2D eigenvalue weighted by Gasteiger charge is 2.33. The van der Waals surface area contributed by atoms with E-state index in [0.29, 0.717) is 15.7 Å². The normalized spacial score (nSPS) is 15.5. The minimum Gasteiger partial charge on any atom is -0.859 e. The second kappa shape index (κ2) is 6.14. The third-order valence-corrected chi connectivity index (χ3v) is 5.68. The standard InChI is InChI=1S/C17H16N2O5S/c1-19-17(21)15(11-7-3-6-10-14(11)25(19,22)23)16(20)18-12-8-4-5-9-13(12)24-2/h3-10,21H,1-2H3,(H,18,20)/p-1. The van der Waals surface area contributed by atoms with Crippen LogP contribution in [0.3, 0.4) is 0 Å². The van der Waals surface area contributed by atoms with Crippen LogP contribution in [-0.4, -0.2) is 32.8 Å². The van der Waals surface area contributed by atoms with Crippen molar-refractivity contribution in [3.8, 4) is 5.75 Å². The number of ether oxygens (including phenoxy) is 1. The van der Waals surface area contributed by atoms with E-state index in [-0.39, 0.29) is 16.0 Å². The molecule has 1 amide bonds. The van der Waals surface area contributed by atoms with Crippen molar-refractivity contribution in [2.75, 3.05) is 19.5 Å². The maximum atomic E-state index is 12.7. The van der Waals surface area contributed by atoms with Crippen molar-refractivity contribution in [1.82, 2.24) is 4.31 Å². The van der Waals surface area contributed by atoms with E-state index in [1.165, 1.54) is 25.3 Å². The zero-order valence-electron chi connectivity index (χ0n) is 13.5. The summed E-state index contributed by atoms with van der Waals surface area (Å²) in [5, 5.41) is 15.1. The van der Waals surface area contributed by atoms with Gasteiger partial charge in [0.05, 0.1) is 23.3 Å². The molecule has 1 aliphatic heterocycles. The first-order valence-corrected chi connectivity index (χ1v) is 8.76. The lowest BCUT2D eigenvalue weighted by atomic mass is 10.0. The number of anilines is 1. The number of nitrogens with zero attached hydrogens (tertiary/aromatic N) is 1. The van der Waals surface area contributed by atoms with Crippen LogP contribution in [0, 0.1) is 0 Å². The van der Waals surface area contributed by atoms with E-state index in [1.807, 2.05) is 0 Å². The number of fused-ring (bicyclic) bond motifs is 1. The van der Waals surface area contributed by atoms with Crippen LogP contribution in [0.5, 0.6) is 5.75 Å². The monoisotopic (exact) mass is 359 g/mol. The van der Waals surface area contributed by atoms with Crippen LogP contribution in [0.4, 0.5) is 5.69 Å². The molecular weight excluding hydrogens is 344 g/mol. The highest BCUT2D eigenvalue weighted by Crippen LogP contribution is 2.35. The minimum atomic E-state index is -3.96. The van der Waals surface area contributed by atoms with Crippen LogP contribution in [0.2, 0.25) is 0 Å². The van der Waals surface area contributed by atoms with Crippen LogP contribution in [0.1, 0.15) is 5.56 Å². The number of nitrogens with one attached hydrogen (secondary N) is 1. The Morgan fingerprint density at radius 2 is 1.76 bits per heavy atom. The smallest absolute Gasteiger partial charge is 0.263 e. The summed E-state index contributed by atoms with van der Waals surface area (Å²) >= 11 is 0. The summed E-state index contributed by atoms with van der Waals surface area (Å²) in [6.45, 7) is 0. The van der Waals surface area contributed by atoms with E-state index in [4.69, 9.17) is 4.74 Å². The van der Waals surface area contributed by atoms with E-state index >= 15 is 0 Å². The molecule has 0 unspecified atom stereocenters. The molecule has 1 N–H and O–H groups in total. The number of sulfonamides is 1. The molecule has 0 bridgehead atoms. The number of benzene rings is 2. The second-order valence-corrected chi connectivity index (χ2v) is 7.24. The molecular formula is C17H15N2O5S-. The third kappa shape index (κ3) is 2.70. The third-order valence-electron chi connectivity index (χ3n) is 3.88. The van der Waals surface area contributed by atoms with Crippen LogP contribution in [0.15, 0.2) is 59.3 Å². The lowest BCUT2D eigenvalue weighted by Crippen LogP contribution is -2.39. The second-order valence-electron chi connectivity index (χ2n) is 5.30. The van der Waals surface area contributed by atoms with E-state index in [2.05, 4.69) is 5.32 Å².